The summed E-state index contributed by atoms with van der Waals surface area (Å²) in [6.07, 6.45) is 1.72. The lowest BCUT2D eigenvalue weighted by Crippen LogP contribution is -2.31. The van der Waals surface area contributed by atoms with E-state index >= 15 is 0 Å². The van der Waals surface area contributed by atoms with Crippen LogP contribution in [-0.2, 0) is 30.7 Å². The number of carbonyl (C=O) groups excluding carboxylic acids is 1. The van der Waals surface area contributed by atoms with Crippen molar-refractivity contribution < 1.29 is 27.8 Å². The van der Waals surface area contributed by atoms with Gasteiger partial charge >= 0.3 is 0 Å². The number of aliphatic hydroxyl groups excluding tert-OH is 1. The maximum Gasteiger partial charge on any atom is 0.259 e. The van der Waals surface area contributed by atoms with Crippen molar-refractivity contribution in [2.75, 3.05) is 18.5 Å². The number of carbonyl (C=O) groups is 1. The van der Waals surface area contributed by atoms with Crippen LogP contribution in [0.5, 0.6) is 0 Å². The quantitative estimate of drug-likeness (QED) is 0.615. The van der Waals surface area contributed by atoms with Gasteiger partial charge in [-0.25, -0.2) is 13.4 Å². The molecule has 2 fully saturated rings. The smallest absolute Gasteiger partial charge is 0.259 e. The van der Waals surface area contributed by atoms with E-state index in [1.807, 2.05) is 6.92 Å². The summed E-state index contributed by atoms with van der Waals surface area (Å²) in [5.74, 6) is -0.387. The average Bonchev–Trinajstić information content (AvgIpc) is 3.57. The Kier molecular flexibility index (Phi) is 6.73. The van der Waals surface area contributed by atoms with Crippen LogP contribution in [0.15, 0.2) is 29.2 Å². The number of anilines is 1. The zero-order chi connectivity index (χ0) is 22.0. The first-order valence-electron chi connectivity index (χ1n) is 10.3. The molecule has 1 aliphatic carbocycles. The molecule has 2 N–H and O–H groups in total. The van der Waals surface area contributed by atoms with Crippen LogP contribution in [0.3, 0.4) is 0 Å². The van der Waals surface area contributed by atoms with E-state index in [9.17, 15) is 18.3 Å². The van der Waals surface area contributed by atoms with E-state index in [2.05, 4.69) is 10.3 Å². The molecule has 1 aliphatic heterocycles. The lowest BCUT2D eigenvalue weighted by Gasteiger charge is -2.27. The number of hydrogen-bond acceptors (Lipinski definition) is 8. The summed E-state index contributed by atoms with van der Waals surface area (Å²) in [6.45, 7) is 2.78. The Hall–Kier alpha value is -1.85. The predicted octanol–water partition coefficient (Wildman–Crippen LogP) is 2.76. The first-order chi connectivity index (χ1) is 14.9. The van der Waals surface area contributed by atoms with Gasteiger partial charge in [0.2, 0.25) is 0 Å². The Morgan fingerprint density at radius 1 is 1.26 bits per heavy atom. The van der Waals surface area contributed by atoms with E-state index in [1.54, 1.807) is 24.3 Å². The highest BCUT2D eigenvalue weighted by molar-refractivity contribution is 7.92. The van der Waals surface area contributed by atoms with E-state index < -0.39 is 15.9 Å². The van der Waals surface area contributed by atoms with Crippen LogP contribution < -0.4 is 5.32 Å². The minimum absolute atomic E-state index is 0.134. The van der Waals surface area contributed by atoms with Gasteiger partial charge in [-0.2, -0.15) is 0 Å². The maximum absolute atomic E-state index is 13.1. The molecule has 0 radical (unpaired) electrons. The Morgan fingerprint density at radius 3 is 2.52 bits per heavy atom. The Bertz CT molecular complexity index is 1020. The molecule has 2 aromatic rings. The monoisotopic (exact) mass is 466 g/mol. The van der Waals surface area contributed by atoms with Gasteiger partial charge in [-0.1, -0.05) is 12.1 Å². The molecular weight excluding hydrogens is 440 g/mol. The zero-order valence-electron chi connectivity index (χ0n) is 17.2. The Balaban J connectivity index is 1.56. The fourth-order valence-electron chi connectivity index (χ4n) is 3.50. The highest BCUT2D eigenvalue weighted by atomic mass is 32.2. The van der Waals surface area contributed by atoms with Gasteiger partial charge in [0.1, 0.15) is 0 Å². The summed E-state index contributed by atoms with van der Waals surface area (Å²) in [4.78, 5) is 18.5. The molecule has 4 rings (SSSR count). The van der Waals surface area contributed by atoms with Gasteiger partial charge in [0.15, 0.2) is 21.1 Å². The van der Waals surface area contributed by atoms with E-state index in [0.29, 0.717) is 55.3 Å². The summed E-state index contributed by atoms with van der Waals surface area (Å²) in [7, 11) is -3.30. The number of thiazole rings is 1. The third-order valence-electron chi connectivity index (χ3n) is 5.48. The van der Waals surface area contributed by atoms with Gasteiger partial charge in [0, 0.05) is 18.1 Å². The molecule has 2 aliphatic rings. The van der Waals surface area contributed by atoms with Crippen molar-refractivity contribution in [2.45, 2.75) is 61.6 Å². The topological polar surface area (TPSA) is 115 Å². The fourth-order valence-corrected chi connectivity index (χ4v) is 5.98. The van der Waals surface area contributed by atoms with Crippen LogP contribution in [0.4, 0.5) is 5.13 Å². The lowest BCUT2D eigenvalue weighted by atomic mass is 10.1. The molecule has 1 aromatic heterocycles. The number of aryl methyl sites for hydroxylation is 1. The van der Waals surface area contributed by atoms with Crippen molar-refractivity contribution in [1.29, 1.82) is 0 Å². The number of ether oxygens (including phenoxy) is 2. The molecule has 1 aromatic carbocycles. The van der Waals surface area contributed by atoms with Crippen LogP contribution in [0.25, 0.3) is 0 Å². The Morgan fingerprint density at radius 2 is 1.94 bits per heavy atom. The molecule has 168 valence electrons. The van der Waals surface area contributed by atoms with Gasteiger partial charge in [-0.05, 0) is 50.3 Å². The van der Waals surface area contributed by atoms with Gasteiger partial charge in [-0.15, -0.1) is 11.3 Å². The van der Waals surface area contributed by atoms with Crippen molar-refractivity contribution in [3.8, 4) is 0 Å². The normalized spacial score (nSPS) is 18.6. The first kappa shape index (κ1) is 22.3. The first-order valence-corrected chi connectivity index (χ1v) is 12.7. The van der Waals surface area contributed by atoms with Gasteiger partial charge in [0.05, 0.1) is 28.6 Å². The van der Waals surface area contributed by atoms with Crippen molar-refractivity contribution in [3.05, 3.63) is 40.4 Å². The van der Waals surface area contributed by atoms with Gasteiger partial charge in [-0.3, -0.25) is 10.1 Å². The minimum Gasteiger partial charge on any atom is -0.390 e. The molecule has 10 heteroatoms. The molecule has 0 spiro atoms. The number of nitrogens with one attached hydrogen (secondary N) is 1. The number of aromatic nitrogens is 1. The van der Waals surface area contributed by atoms with Crippen molar-refractivity contribution in [1.82, 2.24) is 4.98 Å². The number of benzene rings is 1. The van der Waals surface area contributed by atoms with Crippen molar-refractivity contribution in [2.24, 2.45) is 0 Å². The molecular formula is C21H26N2O6S2. The van der Waals surface area contributed by atoms with Gasteiger partial charge < -0.3 is 14.6 Å². The molecule has 8 nitrogen and oxygen atoms in total. The van der Waals surface area contributed by atoms with E-state index in [4.69, 9.17) is 9.47 Å². The van der Waals surface area contributed by atoms with Crippen molar-refractivity contribution in [3.63, 3.8) is 0 Å². The van der Waals surface area contributed by atoms with E-state index in [-0.39, 0.29) is 28.8 Å². The van der Waals surface area contributed by atoms with Crippen LogP contribution >= 0.6 is 11.3 Å². The zero-order valence-corrected chi connectivity index (χ0v) is 18.9. The summed E-state index contributed by atoms with van der Waals surface area (Å²) >= 11 is 1.28. The number of amides is 1. The molecule has 1 saturated carbocycles. The highest BCUT2D eigenvalue weighted by Crippen LogP contribution is 2.34. The van der Waals surface area contributed by atoms with Crippen LogP contribution in [-0.4, -0.2) is 49.0 Å². The number of hydrogen-bond donors (Lipinski definition) is 2. The SMILES string of the molecule is Cc1sc(NC(=O)C(OC2CCOCC2)c2ccc(S(=O)(=O)C3CC3)cc2)nc1CO. The van der Waals surface area contributed by atoms with E-state index in [1.165, 1.54) is 11.3 Å². The molecule has 2 heterocycles. The summed E-state index contributed by atoms with van der Waals surface area (Å²) < 4.78 is 36.5. The maximum atomic E-state index is 13.1. The average molecular weight is 467 g/mol. The van der Waals surface area contributed by atoms with E-state index in [0.717, 1.165) is 4.88 Å². The standard InChI is InChI=1S/C21H26N2O6S2/c1-13-18(12-24)22-21(30-13)23-20(25)19(29-15-8-10-28-11-9-15)14-2-4-16(5-3-14)31(26,27)17-6-7-17/h2-5,15,17,19,24H,6-12H2,1H3,(H,22,23,25). The molecule has 31 heavy (non-hydrogen) atoms. The second-order valence-corrected chi connectivity index (χ2v) is 11.2. The van der Waals surface area contributed by atoms with Crippen molar-refractivity contribution >= 4 is 32.2 Å². The van der Waals surface area contributed by atoms with Crippen LogP contribution in [0.2, 0.25) is 0 Å². The Labute approximate surface area is 185 Å². The molecule has 1 amide bonds. The van der Waals surface area contributed by atoms with Crippen LogP contribution in [0.1, 0.15) is 47.9 Å². The summed E-state index contributed by atoms with van der Waals surface area (Å²) in [6, 6.07) is 6.39. The molecule has 0 bridgehead atoms. The molecule has 1 unspecified atom stereocenters. The summed E-state index contributed by atoms with van der Waals surface area (Å²) in [5, 5.41) is 12.2. The number of aliphatic hydroxyl groups is 1. The number of sulfone groups is 1. The molecule has 1 saturated heterocycles. The second kappa shape index (κ2) is 9.33. The largest absolute Gasteiger partial charge is 0.390 e. The third kappa shape index (κ3) is 5.15. The third-order valence-corrected chi connectivity index (χ3v) is 8.69. The lowest BCUT2D eigenvalue weighted by molar-refractivity contribution is -0.136. The fraction of sp³-hybridized carbons (Fsp3) is 0.524. The second-order valence-electron chi connectivity index (χ2n) is 7.81. The number of nitrogens with zero attached hydrogens (tertiary/aromatic N) is 1. The van der Waals surface area contributed by atoms with Gasteiger partial charge in [0.25, 0.3) is 5.91 Å². The molecule has 1 atom stereocenters. The predicted molar refractivity (Wildman–Crippen MR) is 116 cm³/mol. The highest BCUT2D eigenvalue weighted by Gasteiger charge is 2.37. The number of rotatable bonds is 8. The summed E-state index contributed by atoms with van der Waals surface area (Å²) in [5.41, 5.74) is 1.10. The van der Waals surface area contributed by atoms with Crippen LogP contribution in [0, 0.1) is 6.92 Å². The minimum atomic E-state index is -3.30.